The fourth-order valence-electron chi connectivity index (χ4n) is 4.38. The zero-order valence-corrected chi connectivity index (χ0v) is 13.6. The van der Waals surface area contributed by atoms with Gasteiger partial charge in [-0.15, -0.1) is 0 Å². The maximum atomic E-state index is 12.7. The Morgan fingerprint density at radius 2 is 2.13 bits per heavy atom. The van der Waals surface area contributed by atoms with Gasteiger partial charge in [0.05, 0.1) is 12.7 Å². The van der Waals surface area contributed by atoms with E-state index in [1.54, 1.807) is 0 Å². The minimum atomic E-state index is 0.102. The summed E-state index contributed by atoms with van der Waals surface area (Å²) in [6, 6.07) is 6.69. The maximum Gasteiger partial charge on any atom is 0.227 e. The Balaban J connectivity index is 1.44. The molecule has 3 aliphatic rings. The molecule has 4 nitrogen and oxygen atoms in total. The fourth-order valence-corrected chi connectivity index (χ4v) is 4.38. The van der Waals surface area contributed by atoms with E-state index in [1.165, 1.54) is 24.0 Å². The molecule has 0 radical (unpaired) electrons. The molecule has 2 fully saturated rings. The lowest BCUT2D eigenvalue weighted by atomic mass is 9.82. The van der Waals surface area contributed by atoms with Gasteiger partial charge in [0.25, 0.3) is 0 Å². The summed E-state index contributed by atoms with van der Waals surface area (Å²) in [5.74, 6) is 0.291. The minimum Gasteiger partial charge on any atom is -0.375 e. The summed E-state index contributed by atoms with van der Waals surface area (Å²) < 4.78 is 5.81. The molecule has 0 spiro atoms. The Kier molecular flexibility index (Phi) is 4.36. The largest absolute Gasteiger partial charge is 0.375 e. The monoisotopic (exact) mass is 314 g/mol. The summed E-state index contributed by atoms with van der Waals surface area (Å²) in [5.41, 5.74) is 3.82. The molecule has 1 saturated carbocycles. The van der Waals surface area contributed by atoms with E-state index in [-0.39, 0.29) is 11.8 Å². The number of hydrogen-bond acceptors (Lipinski definition) is 3. The second-order valence-corrected chi connectivity index (χ2v) is 7.12. The van der Waals surface area contributed by atoms with Gasteiger partial charge in [-0.1, -0.05) is 12.1 Å². The van der Waals surface area contributed by atoms with Gasteiger partial charge in [0.2, 0.25) is 5.91 Å². The van der Waals surface area contributed by atoms with Crippen LogP contribution in [0, 0.1) is 5.92 Å². The molecule has 1 saturated heterocycles. The first kappa shape index (κ1) is 15.2. The van der Waals surface area contributed by atoms with Gasteiger partial charge in [-0.3, -0.25) is 4.79 Å². The fraction of sp³-hybridized carbons (Fsp3) is 0.632. The normalized spacial score (nSPS) is 30.2. The van der Waals surface area contributed by atoms with Crippen LogP contribution >= 0.6 is 0 Å². The molecule has 1 aromatic carbocycles. The van der Waals surface area contributed by atoms with Gasteiger partial charge in [-0.05, 0) is 62.1 Å². The first-order valence-corrected chi connectivity index (χ1v) is 9.08. The molecule has 0 bridgehead atoms. The predicted molar refractivity (Wildman–Crippen MR) is 90.6 cm³/mol. The molecule has 124 valence electrons. The van der Waals surface area contributed by atoms with E-state index >= 15 is 0 Å². The smallest absolute Gasteiger partial charge is 0.227 e. The molecule has 3 atom stereocenters. The number of nitrogens with one attached hydrogen (secondary N) is 2. The Labute approximate surface area is 138 Å². The minimum absolute atomic E-state index is 0.102. The van der Waals surface area contributed by atoms with Crippen molar-refractivity contribution in [3.63, 3.8) is 0 Å². The Hall–Kier alpha value is -1.39. The van der Waals surface area contributed by atoms with E-state index in [0.29, 0.717) is 12.1 Å². The highest BCUT2D eigenvalue weighted by atomic mass is 16.5. The van der Waals surface area contributed by atoms with Crippen molar-refractivity contribution in [2.45, 2.75) is 57.1 Å². The van der Waals surface area contributed by atoms with Crippen LogP contribution in [0.4, 0.5) is 5.69 Å². The molecular weight excluding hydrogens is 288 g/mol. The van der Waals surface area contributed by atoms with Crippen molar-refractivity contribution in [1.82, 2.24) is 5.32 Å². The number of ether oxygens (including phenoxy) is 1. The van der Waals surface area contributed by atoms with Gasteiger partial charge in [0, 0.05) is 24.2 Å². The molecule has 2 aliphatic carbocycles. The third kappa shape index (κ3) is 3.15. The van der Waals surface area contributed by atoms with Gasteiger partial charge in [0.15, 0.2) is 0 Å². The number of aryl methyl sites for hydroxylation is 1. The molecule has 4 rings (SSSR count). The van der Waals surface area contributed by atoms with Crippen molar-refractivity contribution >= 4 is 11.6 Å². The van der Waals surface area contributed by atoms with Crippen molar-refractivity contribution in [2.75, 3.05) is 18.5 Å². The molecule has 0 unspecified atom stereocenters. The lowest BCUT2D eigenvalue weighted by Gasteiger charge is -2.39. The van der Waals surface area contributed by atoms with Crippen molar-refractivity contribution in [2.24, 2.45) is 5.92 Å². The van der Waals surface area contributed by atoms with Crippen molar-refractivity contribution in [3.8, 4) is 0 Å². The zero-order valence-electron chi connectivity index (χ0n) is 13.6. The van der Waals surface area contributed by atoms with E-state index in [9.17, 15) is 4.79 Å². The molecule has 23 heavy (non-hydrogen) atoms. The Morgan fingerprint density at radius 3 is 3.09 bits per heavy atom. The van der Waals surface area contributed by atoms with E-state index in [4.69, 9.17) is 4.74 Å². The van der Waals surface area contributed by atoms with Crippen LogP contribution in [0.3, 0.4) is 0 Å². The van der Waals surface area contributed by atoms with Crippen LogP contribution in [-0.2, 0) is 22.4 Å². The van der Waals surface area contributed by atoms with Crippen LogP contribution < -0.4 is 10.6 Å². The zero-order chi connectivity index (χ0) is 15.6. The number of rotatable bonds is 2. The van der Waals surface area contributed by atoms with Gasteiger partial charge in [-0.25, -0.2) is 0 Å². The van der Waals surface area contributed by atoms with E-state index in [2.05, 4.69) is 28.8 Å². The number of anilines is 1. The molecule has 0 aromatic heterocycles. The molecule has 1 aromatic rings. The second-order valence-electron chi connectivity index (χ2n) is 7.12. The third-order valence-electron chi connectivity index (χ3n) is 5.65. The average molecular weight is 314 g/mol. The second kappa shape index (κ2) is 6.62. The summed E-state index contributed by atoms with van der Waals surface area (Å²) in [5, 5.41) is 6.74. The standard InChI is InChI=1S/C19H26N2O2/c22-19(14-8-9-18-17(12-14)20-10-11-23-18)21-16-7-3-5-13-4-1-2-6-15(13)16/h3,5,7,14,17-18,20H,1-2,4,6,8-12H2,(H,21,22)/t14-,17+,18+/m0/s1. The van der Waals surface area contributed by atoms with Gasteiger partial charge in [0.1, 0.15) is 0 Å². The Morgan fingerprint density at radius 1 is 1.22 bits per heavy atom. The van der Waals surface area contributed by atoms with Crippen molar-refractivity contribution in [1.29, 1.82) is 0 Å². The van der Waals surface area contributed by atoms with Gasteiger partial charge >= 0.3 is 0 Å². The molecular formula is C19H26N2O2. The van der Waals surface area contributed by atoms with E-state index < -0.39 is 0 Å². The summed E-state index contributed by atoms with van der Waals surface area (Å²) in [6.07, 6.45) is 7.86. The first-order valence-electron chi connectivity index (χ1n) is 9.08. The number of hydrogen-bond donors (Lipinski definition) is 2. The average Bonchev–Trinajstić information content (AvgIpc) is 2.61. The SMILES string of the molecule is O=C(Nc1cccc2c1CCCC2)[C@H]1CC[C@H]2OCCN[C@@H]2C1. The van der Waals surface area contributed by atoms with Gasteiger partial charge < -0.3 is 15.4 Å². The molecule has 1 amide bonds. The van der Waals surface area contributed by atoms with Crippen LogP contribution in [0.2, 0.25) is 0 Å². The maximum absolute atomic E-state index is 12.7. The summed E-state index contributed by atoms with van der Waals surface area (Å²) in [6.45, 7) is 1.70. The number of carbonyl (C=O) groups is 1. The molecule has 1 heterocycles. The third-order valence-corrected chi connectivity index (χ3v) is 5.65. The molecule has 4 heteroatoms. The first-order chi connectivity index (χ1) is 11.3. The van der Waals surface area contributed by atoms with Crippen LogP contribution in [-0.4, -0.2) is 31.2 Å². The summed E-state index contributed by atoms with van der Waals surface area (Å²) >= 11 is 0. The molecule has 2 N–H and O–H groups in total. The molecule has 1 aliphatic heterocycles. The van der Waals surface area contributed by atoms with Gasteiger partial charge in [-0.2, -0.15) is 0 Å². The predicted octanol–water partition coefficient (Wildman–Crippen LogP) is 2.66. The number of benzene rings is 1. The van der Waals surface area contributed by atoms with E-state index in [1.807, 2.05) is 0 Å². The highest BCUT2D eigenvalue weighted by Crippen LogP contribution is 2.31. The highest BCUT2D eigenvalue weighted by Gasteiger charge is 2.36. The van der Waals surface area contributed by atoms with Crippen molar-refractivity contribution < 1.29 is 9.53 Å². The van der Waals surface area contributed by atoms with Crippen LogP contribution in [0.25, 0.3) is 0 Å². The number of carbonyl (C=O) groups excluding carboxylic acids is 1. The van der Waals surface area contributed by atoms with Crippen LogP contribution in [0.5, 0.6) is 0 Å². The van der Waals surface area contributed by atoms with Crippen LogP contribution in [0.15, 0.2) is 18.2 Å². The summed E-state index contributed by atoms with van der Waals surface area (Å²) in [7, 11) is 0. The van der Waals surface area contributed by atoms with E-state index in [0.717, 1.165) is 50.9 Å². The van der Waals surface area contributed by atoms with Crippen molar-refractivity contribution in [3.05, 3.63) is 29.3 Å². The summed E-state index contributed by atoms with van der Waals surface area (Å²) in [4.78, 5) is 12.7. The number of fused-ring (bicyclic) bond motifs is 2. The van der Waals surface area contributed by atoms with Crippen LogP contribution in [0.1, 0.15) is 43.2 Å². The lowest BCUT2D eigenvalue weighted by molar-refractivity contribution is -0.123. The quantitative estimate of drug-likeness (QED) is 0.882. The lowest BCUT2D eigenvalue weighted by Crippen LogP contribution is -2.52. The topological polar surface area (TPSA) is 50.4 Å². The number of morpholine rings is 1. The highest BCUT2D eigenvalue weighted by molar-refractivity contribution is 5.93. The number of amides is 1. The Bertz CT molecular complexity index is 587.